The summed E-state index contributed by atoms with van der Waals surface area (Å²) >= 11 is 0. The number of benzene rings is 1. The summed E-state index contributed by atoms with van der Waals surface area (Å²) in [6.07, 6.45) is 3.90. The Labute approximate surface area is 110 Å². The van der Waals surface area contributed by atoms with E-state index in [9.17, 15) is 15.0 Å². The first-order chi connectivity index (χ1) is 9.13. The lowest BCUT2D eigenvalue weighted by Crippen LogP contribution is -2.29. The van der Waals surface area contributed by atoms with Crippen LogP contribution in [0.5, 0.6) is 11.5 Å². The number of nitrogens with zero attached hydrogens (tertiary/aromatic N) is 1. The lowest BCUT2D eigenvalue weighted by molar-refractivity contribution is 0.0928. The second-order valence-electron chi connectivity index (χ2n) is 4.08. The fourth-order valence-electron chi connectivity index (χ4n) is 1.82. The molecule has 2 rings (SSSR count). The number of H-pyrrole nitrogens is 1. The molecule has 1 aromatic carbocycles. The van der Waals surface area contributed by atoms with Gasteiger partial charge in [-0.3, -0.25) is 4.79 Å². The average molecular weight is 261 g/mol. The molecular formula is C13H15N3O3. The van der Waals surface area contributed by atoms with Crippen molar-refractivity contribution in [1.29, 1.82) is 0 Å². The summed E-state index contributed by atoms with van der Waals surface area (Å²) in [6, 6.07) is 3.86. The van der Waals surface area contributed by atoms with Crippen molar-refractivity contribution in [3.63, 3.8) is 0 Å². The Hall–Kier alpha value is -2.50. The molecule has 0 saturated carbocycles. The molecule has 1 heterocycles. The number of nitrogens with one attached hydrogen (secondary N) is 2. The van der Waals surface area contributed by atoms with Crippen LogP contribution in [-0.4, -0.2) is 26.1 Å². The van der Waals surface area contributed by atoms with Crippen molar-refractivity contribution in [3.8, 4) is 11.5 Å². The van der Waals surface area contributed by atoms with Gasteiger partial charge in [0.1, 0.15) is 22.9 Å². The Balaban J connectivity index is 2.21. The summed E-state index contributed by atoms with van der Waals surface area (Å²) in [5, 5.41) is 22.0. The van der Waals surface area contributed by atoms with Crippen LogP contribution in [0.1, 0.15) is 35.6 Å². The third-order valence-corrected chi connectivity index (χ3v) is 2.81. The third-order valence-electron chi connectivity index (χ3n) is 2.81. The van der Waals surface area contributed by atoms with Crippen molar-refractivity contribution >= 4 is 5.91 Å². The molecule has 4 N–H and O–H groups in total. The van der Waals surface area contributed by atoms with Crippen molar-refractivity contribution in [2.45, 2.75) is 19.4 Å². The molecule has 1 aromatic heterocycles. The van der Waals surface area contributed by atoms with Crippen LogP contribution in [0.4, 0.5) is 0 Å². The molecule has 6 heteroatoms. The van der Waals surface area contributed by atoms with Crippen LogP contribution in [0.3, 0.4) is 0 Å². The topological polar surface area (TPSA) is 98.2 Å². The van der Waals surface area contributed by atoms with Crippen molar-refractivity contribution in [2.24, 2.45) is 0 Å². The van der Waals surface area contributed by atoms with Crippen LogP contribution in [-0.2, 0) is 0 Å². The predicted octanol–water partition coefficient (Wildman–Crippen LogP) is 1.70. The number of aromatic hydroxyl groups is 2. The van der Waals surface area contributed by atoms with E-state index < -0.39 is 5.91 Å². The molecule has 2 aromatic rings. The molecule has 100 valence electrons. The van der Waals surface area contributed by atoms with Gasteiger partial charge in [0.2, 0.25) is 0 Å². The van der Waals surface area contributed by atoms with E-state index in [1.54, 1.807) is 12.4 Å². The van der Waals surface area contributed by atoms with Crippen LogP contribution in [0.25, 0.3) is 0 Å². The Morgan fingerprint density at radius 2 is 2.11 bits per heavy atom. The second kappa shape index (κ2) is 5.43. The molecule has 0 bridgehead atoms. The van der Waals surface area contributed by atoms with Gasteiger partial charge in [0.05, 0.1) is 6.04 Å². The standard InChI is InChI=1S/C13H15N3O3/c1-2-8(12-14-6-7-15-12)16-13(19)11-9(17)4-3-5-10(11)18/h3-8,17-18H,2H2,1H3,(H,14,15)(H,16,19). The van der Waals surface area contributed by atoms with Crippen molar-refractivity contribution in [2.75, 3.05) is 0 Å². The fourth-order valence-corrected chi connectivity index (χ4v) is 1.82. The molecule has 1 unspecified atom stereocenters. The maximum absolute atomic E-state index is 12.1. The molecule has 0 spiro atoms. The van der Waals surface area contributed by atoms with Crippen molar-refractivity contribution in [1.82, 2.24) is 15.3 Å². The molecular weight excluding hydrogens is 246 g/mol. The number of hydrogen-bond acceptors (Lipinski definition) is 4. The maximum atomic E-state index is 12.1. The SMILES string of the molecule is CCC(NC(=O)c1c(O)cccc1O)c1ncc[nH]1. The van der Waals surface area contributed by atoms with E-state index >= 15 is 0 Å². The number of aromatic amines is 1. The average Bonchev–Trinajstić information content (AvgIpc) is 2.89. The monoisotopic (exact) mass is 261 g/mol. The first-order valence-corrected chi connectivity index (χ1v) is 5.94. The summed E-state index contributed by atoms with van der Waals surface area (Å²) in [5.74, 6) is -0.428. The highest BCUT2D eigenvalue weighted by Crippen LogP contribution is 2.26. The summed E-state index contributed by atoms with van der Waals surface area (Å²) in [5.41, 5.74) is -0.132. The van der Waals surface area contributed by atoms with Gasteiger partial charge in [0.15, 0.2) is 0 Å². The highest BCUT2D eigenvalue weighted by molar-refractivity contribution is 5.99. The minimum Gasteiger partial charge on any atom is -0.507 e. The van der Waals surface area contributed by atoms with Crippen LogP contribution in [0, 0.1) is 0 Å². The molecule has 0 aliphatic rings. The quantitative estimate of drug-likeness (QED) is 0.673. The zero-order valence-corrected chi connectivity index (χ0v) is 10.4. The van der Waals surface area contributed by atoms with Crippen LogP contribution >= 0.6 is 0 Å². The molecule has 19 heavy (non-hydrogen) atoms. The van der Waals surface area contributed by atoms with E-state index in [4.69, 9.17) is 0 Å². The zero-order valence-electron chi connectivity index (χ0n) is 10.4. The van der Waals surface area contributed by atoms with Crippen LogP contribution in [0.2, 0.25) is 0 Å². The fraction of sp³-hybridized carbons (Fsp3) is 0.231. The lowest BCUT2D eigenvalue weighted by atomic mass is 10.1. The number of carbonyl (C=O) groups is 1. The van der Waals surface area contributed by atoms with Gasteiger partial charge >= 0.3 is 0 Å². The zero-order chi connectivity index (χ0) is 13.8. The molecule has 0 fully saturated rings. The number of hydrogen-bond donors (Lipinski definition) is 4. The molecule has 0 aliphatic carbocycles. The minimum absolute atomic E-state index is 0.132. The molecule has 1 atom stereocenters. The van der Waals surface area contributed by atoms with Crippen molar-refractivity contribution in [3.05, 3.63) is 42.0 Å². The smallest absolute Gasteiger partial charge is 0.259 e. The Kier molecular flexibility index (Phi) is 3.70. The maximum Gasteiger partial charge on any atom is 0.259 e. The number of phenols is 2. The van der Waals surface area contributed by atoms with Gasteiger partial charge < -0.3 is 20.5 Å². The minimum atomic E-state index is -0.543. The molecule has 0 radical (unpaired) electrons. The molecule has 1 amide bonds. The van der Waals surface area contributed by atoms with Crippen molar-refractivity contribution < 1.29 is 15.0 Å². The van der Waals surface area contributed by atoms with Gasteiger partial charge in [-0.15, -0.1) is 0 Å². The molecule has 0 aliphatic heterocycles. The third kappa shape index (κ3) is 2.67. The van der Waals surface area contributed by atoms with E-state index in [0.717, 1.165) is 0 Å². The van der Waals surface area contributed by atoms with Gasteiger partial charge in [0.25, 0.3) is 5.91 Å². The van der Waals surface area contributed by atoms with Gasteiger partial charge in [-0.2, -0.15) is 0 Å². The lowest BCUT2D eigenvalue weighted by Gasteiger charge is -2.15. The van der Waals surface area contributed by atoms with Gasteiger partial charge in [-0.1, -0.05) is 13.0 Å². The Morgan fingerprint density at radius 3 is 2.63 bits per heavy atom. The molecule has 6 nitrogen and oxygen atoms in total. The molecule has 0 saturated heterocycles. The summed E-state index contributed by atoms with van der Waals surface area (Å²) < 4.78 is 0. The normalized spacial score (nSPS) is 12.1. The summed E-state index contributed by atoms with van der Waals surface area (Å²) in [6.45, 7) is 1.90. The van der Waals surface area contributed by atoms with E-state index in [2.05, 4.69) is 15.3 Å². The van der Waals surface area contributed by atoms with E-state index in [1.165, 1.54) is 18.2 Å². The first kappa shape index (κ1) is 12.9. The highest BCUT2D eigenvalue weighted by atomic mass is 16.3. The first-order valence-electron chi connectivity index (χ1n) is 5.94. The van der Waals surface area contributed by atoms with Crippen LogP contribution < -0.4 is 5.32 Å². The number of rotatable bonds is 4. The van der Waals surface area contributed by atoms with Crippen LogP contribution in [0.15, 0.2) is 30.6 Å². The highest BCUT2D eigenvalue weighted by Gasteiger charge is 2.20. The summed E-state index contributed by atoms with van der Waals surface area (Å²) in [4.78, 5) is 19.1. The number of imidazole rings is 1. The summed E-state index contributed by atoms with van der Waals surface area (Å²) in [7, 11) is 0. The van der Waals surface area contributed by atoms with Gasteiger partial charge in [-0.05, 0) is 18.6 Å². The van der Waals surface area contributed by atoms with Gasteiger partial charge in [-0.25, -0.2) is 4.98 Å². The van der Waals surface area contributed by atoms with E-state index in [1.807, 2.05) is 6.92 Å². The predicted molar refractivity (Wildman–Crippen MR) is 68.9 cm³/mol. The largest absolute Gasteiger partial charge is 0.507 e. The van der Waals surface area contributed by atoms with E-state index in [0.29, 0.717) is 12.2 Å². The Bertz CT molecular complexity index is 546. The van der Waals surface area contributed by atoms with Gasteiger partial charge in [0, 0.05) is 12.4 Å². The van der Waals surface area contributed by atoms with E-state index in [-0.39, 0.29) is 23.1 Å². The Morgan fingerprint density at radius 1 is 1.42 bits per heavy atom. The second-order valence-corrected chi connectivity index (χ2v) is 4.08. The number of amides is 1. The number of carbonyl (C=O) groups excluding carboxylic acids is 1. The number of aromatic nitrogens is 2. The number of phenolic OH excluding ortho intramolecular Hbond substituents is 2.